The summed E-state index contributed by atoms with van der Waals surface area (Å²) in [6.45, 7) is 3.40. The maximum absolute atomic E-state index is 14.0. The monoisotopic (exact) mass is 406 g/mol. The van der Waals surface area contributed by atoms with E-state index in [1.54, 1.807) is 17.0 Å². The molecule has 0 bridgehead atoms. The molecule has 1 aliphatic rings. The number of halogens is 3. The van der Waals surface area contributed by atoms with E-state index < -0.39 is 23.6 Å². The van der Waals surface area contributed by atoms with E-state index in [4.69, 9.17) is 0 Å². The van der Waals surface area contributed by atoms with Crippen LogP contribution in [0.15, 0.2) is 47.5 Å². The van der Waals surface area contributed by atoms with Crippen molar-refractivity contribution in [2.75, 3.05) is 31.1 Å². The number of hydrogen-bond donors (Lipinski definition) is 3. The maximum Gasteiger partial charge on any atom is 0.191 e. The Labute approximate surface area is 168 Å². The van der Waals surface area contributed by atoms with Crippen molar-refractivity contribution in [3.05, 3.63) is 65.5 Å². The molecule has 2 unspecified atom stereocenters. The molecule has 8 heteroatoms. The van der Waals surface area contributed by atoms with E-state index in [2.05, 4.69) is 15.6 Å². The number of nitrogens with zero attached hydrogens (tertiary/aromatic N) is 2. The van der Waals surface area contributed by atoms with Crippen LogP contribution in [-0.2, 0) is 0 Å². The fourth-order valence-corrected chi connectivity index (χ4v) is 3.41. The second-order valence-corrected chi connectivity index (χ2v) is 6.90. The lowest BCUT2D eigenvalue weighted by Crippen LogP contribution is -2.45. The second kappa shape index (κ2) is 9.65. The van der Waals surface area contributed by atoms with Crippen LogP contribution in [0.3, 0.4) is 0 Å². The quantitative estimate of drug-likeness (QED) is 0.510. The van der Waals surface area contributed by atoms with Gasteiger partial charge in [0.15, 0.2) is 5.96 Å². The van der Waals surface area contributed by atoms with Gasteiger partial charge in [0.1, 0.15) is 29.2 Å². The molecule has 0 radical (unpaired) electrons. The van der Waals surface area contributed by atoms with Crippen LogP contribution >= 0.6 is 0 Å². The lowest BCUT2D eigenvalue weighted by Gasteiger charge is -2.21. The Bertz CT molecular complexity index is 841. The first kappa shape index (κ1) is 21.0. The average molecular weight is 406 g/mol. The molecule has 0 aromatic heterocycles. The van der Waals surface area contributed by atoms with Crippen LogP contribution in [-0.4, -0.2) is 43.3 Å². The first-order chi connectivity index (χ1) is 14.0. The Hall–Kier alpha value is -2.74. The third kappa shape index (κ3) is 5.20. The zero-order valence-corrected chi connectivity index (χ0v) is 16.2. The molecule has 0 saturated carbocycles. The lowest BCUT2D eigenvalue weighted by atomic mass is 10.1. The van der Waals surface area contributed by atoms with Crippen molar-refractivity contribution < 1.29 is 18.3 Å². The van der Waals surface area contributed by atoms with Gasteiger partial charge in [0.2, 0.25) is 0 Å². The van der Waals surface area contributed by atoms with Crippen molar-refractivity contribution in [3.63, 3.8) is 0 Å². The highest BCUT2D eigenvalue weighted by Gasteiger charge is 2.27. The molecule has 29 heavy (non-hydrogen) atoms. The minimum atomic E-state index is -1.07. The Morgan fingerprint density at radius 3 is 2.52 bits per heavy atom. The molecule has 156 valence electrons. The van der Waals surface area contributed by atoms with Gasteiger partial charge in [-0.25, -0.2) is 13.2 Å². The predicted molar refractivity (Wildman–Crippen MR) is 107 cm³/mol. The van der Waals surface area contributed by atoms with E-state index in [1.165, 1.54) is 30.3 Å². The van der Waals surface area contributed by atoms with Gasteiger partial charge in [0.05, 0.1) is 6.54 Å². The number of anilines is 1. The van der Waals surface area contributed by atoms with Crippen molar-refractivity contribution in [2.45, 2.75) is 25.5 Å². The molecule has 5 nitrogen and oxygen atoms in total. The van der Waals surface area contributed by atoms with Gasteiger partial charge in [0.25, 0.3) is 0 Å². The largest absolute Gasteiger partial charge is 0.386 e. The zero-order chi connectivity index (χ0) is 20.8. The summed E-state index contributed by atoms with van der Waals surface area (Å²) in [6.07, 6.45) is -0.395. The van der Waals surface area contributed by atoms with E-state index in [9.17, 15) is 18.3 Å². The first-order valence-corrected chi connectivity index (χ1v) is 9.66. The van der Waals surface area contributed by atoms with E-state index in [0.29, 0.717) is 32.0 Å². The van der Waals surface area contributed by atoms with Gasteiger partial charge in [-0.1, -0.05) is 24.3 Å². The summed E-state index contributed by atoms with van der Waals surface area (Å²) in [5, 5.41) is 16.5. The van der Waals surface area contributed by atoms with E-state index in [0.717, 1.165) is 0 Å². The Kier molecular flexibility index (Phi) is 6.98. The summed E-state index contributed by atoms with van der Waals surface area (Å²) in [5.74, 6) is -1.19. The minimum absolute atomic E-state index is 0.0192. The van der Waals surface area contributed by atoms with E-state index in [1.807, 2.05) is 6.92 Å². The molecule has 0 aliphatic carbocycles. The highest BCUT2D eigenvalue weighted by Crippen LogP contribution is 2.26. The molecule has 1 heterocycles. The molecule has 3 N–H and O–H groups in total. The zero-order valence-electron chi connectivity index (χ0n) is 16.2. The predicted octanol–water partition coefficient (Wildman–Crippen LogP) is 2.97. The fraction of sp³-hybridized carbons (Fsp3) is 0.381. The summed E-state index contributed by atoms with van der Waals surface area (Å²) < 4.78 is 41.8. The van der Waals surface area contributed by atoms with Gasteiger partial charge in [-0.15, -0.1) is 0 Å². The molecule has 1 saturated heterocycles. The molecule has 2 aromatic rings. The number of aliphatic hydroxyl groups is 1. The molecular weight excluding hydrogens is 381 g/mol. The molecular formula is C21H25F3N4O. The van der Waals surface area contributed by atoms with E-state index in [-0.39, 0.29) is 23.8 Å². The topological polar surface area (TPSA) is 59.9 Å². The van der Waals surface area contributed by atoms with Crippen LogP contribution in [0.1, 0.15) is 25.0 Å². The van der Waals surface area contributed by atoms with Crippen LogP contribution < -0.4 is 15.5 Å². The van der Waals surface area contributed by atoms with Crippen LogP contribution in [0.2, 0.25) is 0 Å². The van der Waals surface area contributed by atoms with Crippen LogP contribution in [0.5, 0.6) is 0 Å². The third-order valence-electron chi connectivity index (χ3n) is 4.81. The molecule has 1 fully saturated rings. The number of aliphatic hydroxyl groups excluding tert-OH is 1. The normalized spacial score (nSPS) is 18.0. The molecule has 3 rings (SSSR count). The van der Waals surface area contributed by atoms with Crippen LogP contribution in [0, 0.1) is 17.5 Å². The Morgan fingerprint density at radius 1 is 1.14 bits per heavy atom. The van der Waals surface area contributed by atoms with Crippen molar-refractivity contribution in [2.24, 2.45) is 4.99 Å². The SMILES string of the molecule is CCNC(=NCC(O)c1ccccc1F)NC1CCN(c2c(F)cccc2F)C1. The first-order valence-electron chi connectivity index (χ1n) is 9.66. The fourth-order valence-electron chi connectivity index (χ4n) is 3.41. The molecule has 2 atom stereocenters. The average Bonchev–Trinajstić information content (AvgIpc) is 3.14. The molecule has 0 amide bonds. The second-order valence-electron chi connectivity index (χ2n) is 6.90. The number of guanidine groups is 1. The highest BCUT2D eigenvalue weighted by molar-refractivity contribution is 5.80. The maximum atomic E-state index is 14.0. The summed E-state index contributed by atoms with van der Waals surface area (Å²) in [5.41, 5.74) is 0.169. The third-order valence-corrected chi connectivity index (χ3v) is 4.81. The molecule has 0 spiro atoms. The number of benzene rings is 2. The number of nitrogens with one attached hydrogen (secondary N) is 2. The smallest absolute Gasteiger partial charge is 0.191 e. The van der Waals surface area contributed by atoms with Crippen molar-refractivity contribution >= 4 is 11.6 Å². The van der Waals surface area contributed by atoms with Gasteiger partial charge in [-0.05, 0) is 31.5 Å². The van der Waals surface area contributed by atoms with Crippen molar-refractivity contribution in [3.8, 4) is 0 Å². The van der Waals surface area contributed by atoms with Gasteiger partial charge >= 0.3 is 0 Å². The van der Waals surface area contributed by atoms with Crippen molar-refractivity contribution in [1.29, 1.82) is 0 Å². The van der Waals surface area contributed by atoms with Crippen LogP contribution in [0.25, 0.3) is 0 Å². The standard InChI is InChI=1S/C21H25F3N4O/c1-2-25-21(26-12-19(29)15-6-3-4-7-16(15)22)27-14-10-11-28(13-14)20-17(23)8-5-9-18(20)24/h3-9,14,19,29H,2,10-13H2,1H3,(H2,25,26,27). The highest BCUT2D eigenvalue weighted by atomic mass is 19.1. The van der Waals surface area contributed by atoms with E-state index >= 15 is 0 Å². The minimum Gasteiger partial charge on any atom is -0.386 e. The summed E-state index contributed by atoms with van der Waals surface area (Å²) >= 11 is 0. The van der Waals surface area contributed by atoms with Crippen molar-refractivity contribution in [1.82, 2.24) is 10.6 Å². The van der Waals surface area contributed by atoms with Crippen LogP contribution in [0.4, 0.5) is 18.9 Å². The van der Waals surface area contributed by atoms with Gasteiger partial charge < -0.3 is 20.6 Å². The lowest BCUT2D eigenvalue weighted by molar-refractivity contribution is 0.182. The number of aliphatic imine (C=N–C) groups is 1. The Balaban J connectivity index is 1.63. The molecule has 1 aliphatic heterocycles. The van der Waals surface area contributed by atoms with Gasteiger partial charge in [-0.2, -0.15) is 0 Å². The van der Waals surface area contributed by atoms with Gasteiger partial charge in [0, 0.05) is 31.2 Å². The Morgan fingerprint density at radius 2 is 1.83 bits per heavy atom. The van der Waals surface area contributed by atoms with Gasteiger partial charge in [-0.3, -0.25) is 4.99 Å². The number of rotatable bonds is 6. The number of hydrogen-bond acceptors (Lipinski definition) is 3. The summed E-state index contributed by atoms with van der Waals surface area (Å²) in [4.78, 5) is 6.01. The number of para-hydroxylation sites is 1. The molecule has 2 aromatic carbocycles. The summed E-state index contributed by atoms with van der Waals surface area (Å²) in [6, 6.07) is 9.79. The summed E-state index contributed by atoms with van der Waals surface area (Å²) in [7, 11) is 0.